The maximum absolute atomic E-state index is 12.1. The van der Waals surface area contributed by atoms with Crippen molar-refractivity contribution in [3.63, 3.8) is 0 Å². The lowest BCUT2D eigenvalue weighted by molar-refractivity contribution is 0.229. The highest BCUT2D eigenvalue weighted by Crippen LogP contribution is 2.39. The zero-order chi connectivity index (χ0) is 17.7. The monoisotopic (exact) mass is 357 g/mol. The molecule has 0 spiro atoms. The minimum atomic E-state index is 0.0428. The lowest BCUT2D eigenvalue weighted by Crippen LogP contribution is -2.28. The average molecular weight is 357 g/mol. The van der Waals surface area contributed by atoms with Crippen LogP contribution >= 0.6 is 0 Å². The van der Waals surface area contributed by atoms with Crippen LogP contribution in [0.25, 0.3) is 0 Å². The first-order chi connectivity index (χ1) is 12.7. The fourth-order valence-electron chi connectivity index (χ4n) is 3.75. The molecular weight excluding hydrogens is 334 g/mol. The van der Waals surface area contributed by atoms with Gasteiger partial charge < -0.3 is 9.42 Å². The van der Waals surface area contributed by atoms with Gasteiger partial charge in [0.15, 0.2) is 5.82 Å². The Balaban J connectivity index is 1.21. The molecule has 9 heteroatoms. The molecule has 9 nitrogen and oxygen atoms in total. The van der Waals surface area contributed by atoms with Crippen LogP contribution in [0.3, 0.4) is 0 Å². The number of likely N-dealkylation sites (N-methyl/N-ethyl adjacent to an activating group) is 1. The molecule has 0 bridgehead atoms. The number of nitrogens with zero attached hydrogens (tertiary/aromatic N) is 7. The van der Waals surface area contributed by atoms with Gasteiger partial charge in [-0.25, -0.2) is 4.79 Å². The third kappa shape index (κ3) is 2.86. The highest BCUT2D eigenvalue weighted by atomic mass is 16.5. The molecule has 1 unspecified atom stereocenters. The smallest absolute Gasteiger partial charge is 0.324 e. The third-order valence-corrected chi connectivity index (χ3v) is 5.51. The largest absolute Gasteiger partial charge is 0.339 e. The molecule has 2 amide bonds. The van der Waals surface area contributed by atoms with E-state index in [9.17, 15) is 4.79 Å². The van der Waals surface area contributed by atoms with Crippen LogP contribution in [0.2, 0.25) is 0 Å². The summed E-state index contributed by atoms with van der Waals surface area (Å²) in [5.41, 5.74) is 0.880. The molecule has 1 saturated carbocycles. The predicted octanol–water partition coefficient (Wildman–Crippen LogP) is 1.46. The van der Waals surface area contributed by atoms with Crippen molar-refractivity contribution in [3.05, 3.63) is 24.1 Å². The molecule has 4 heterocycles. The zero-order valence-electron chi connectivity index (χ0n) is 14.9. The second kappa shape index (κ2) is 6.08. The van der Waals surface area contributed by atoms with Crippen molar-refractivity contribution < 1.29 is 9.32 Å². The van der Waals surface area contributed by atoms with E-state index < -0.39 is 0 Å². The van der Waals surface area contributed by atoms with Crippen molar-refractivity contribution >= 4 is 11.7 Å². The number of hydrogen-bond donors (Lipinski definition) is 0. The molecule has 1 atom stereocenters. The number of aromatic nitrogens is 4. The number of amides is 2. The third-order valence-electron chi connectivity index (χ3n) is 5.51. The Bertz CT molecular complexity index is 812. The summed E-state index contributed by atoms with van der Waals surface area (Å²) < 4.78 is 7.34. The molecule has 3 fully saturated rings. The van der Waals surface area contributed by atoms with E-state index in [1.807, 2.05) is 17.9 Å². The first-order valence-corrected chi connectivity index (χ1v) is 9.29. The van der Waals surface area contributed by atoms with Gasteiger partial charge in [0.25, 0.3) is 0 Å². The Morgan fingerprint density at radius 3 is 2.88 bits per heavy atom. The second-order valence-corrected chi connectivity index (χ2v) is 7.54. The molecule has 3 aliphatic rings. The van der Waals surface area contributed by atoms with E-state index in [0.29, 0.717) is 12.0 Å². The Hall–Kier alpha value is -2.42. The van der Waals surface area contributed by atoms with Crippen molar-refractivity contribution in [2.75, 3.05) is 38.1 Å². The first-order valence-electron chi connectivity index (χ1n) is 9.29. The van der Waals surface area contributed by atoms with E-state index >= 15 is 0 Å². The number of hydrogen-bond acceptors (Lipinski definition) is 6. The van der Waals surface area contributed by atoms with Gasteiger partial charge in [0.1, 0.15) is 0 Å². The van der Waals surface area contributed by atoms with E-state index in [1.54, 1.807) is 16.0 Å². The summed E-state index contributed by atoms with van der Waals surface area (Å²) in [6, 6.07) is 0.357. The predicted molar refractivity (Wildman–Crippen MR) is 92.8 cm³/mol. The molecule has 1 aliphatic carbocycles. The summed E-state index contributed by atoms with van der Waals surface area (Å²) in [6.45, 7) is 4.09. The van der Waals surface area contributed by atoms with Crippen LogP contribution in [0.1, 0.15) is 42.9 Å². The van der Waals surface area contributed by atoms with Gasteiger partial charge in [-0.2, -0.15) is 10.1 Å². The van der Waals surface area contributed by atoms with Gasteiger partial charge in [-0.05, 0) is 19.3 Å². The summed E-state index contributed by atoms with van der Waals surface area (Å²) >= 11 is 0. The van der Waals surface area contributed by atoms with Gasteiger partial charge in [-0.15, -0.1) is 0 Å². The van der Waals surface area contributed by atoms with Crippen molar-refractivity contribution in [1.29, 1.82) is 0 Å². The summed E-state index contributed by atoms with van der Waals surface area (Å²) in [5.74, 6) is 2.07. The minimum Gasteiger partial charge on any atom is -0.339 e. The number of urea groups is 1. The van der Waals surface area contributed by atoms with Gasteiger partial charge in [0, 0.05) is 45.3 Å². The highest BCUT2D eigenvalue weighted by Gasteiger charge is 2.32. The van der Waals surface area contributed by atoms with Gasteiger partial charge in [0.05, 0.1) is 24.5 Å². The Labute approximate surface area is 151 Å². The standard InChI is InChI=1S/C17H23N7O2/c1-21-6-7-23(17(21)25)14-8-18-24(10-14)13-4-5-22(9-13)11-15-19-16(26-20-15)12-2-3-12/h8,10,12-13H,2-7,9,11H2,1H3. The van der Waals surface area contributed by atoms with Crippen LogP contribution < -0.4 is 4.90 Å². The van der Waals surface area contributed by atoms with Crippen molar-refractivity contribution in [2.45, 2.75) is 37.8 Å². The number of likely N-dealkylation sites (tertiary alicyclic amines) is 1. The number of carbonyl (C=O) groups is 1. The molecule has 2 aromatic heterocycles. The second-order valence-electron chi connectivity index (χ2n) is 7.54. The lowest BCUT2D eigenvalue weighted by atomic mass is 10.3. The minimum absolute atomic E-state index is 0.0428. The van der Waals surface area contributed by atoms with Crippen molar-refractivity contribution in [2.24, 2.45) is 0 Å². The van der Waals surface area contributed by atoms with Crippen LogP contribution in [0, 0.1) is 0 Å². The highest BCUT2D eigenvalue weighted by molar-refractivity contribution is 5.93. The molecule has 138 valence electrons. The quantitative estimate of drug-likeness (QED) is 0.806. The normalized spacial score (nSPS) is 24.2. The van der Waals surface area contributed by atoms with E-state index in [-0.39, 0.29) is 6.03 Å². The average Bonchev–Trinajstić information content (AvgIpc) is 3.03. The van der Waals surface area contributed by atoms with Gasteiger partial charge in [-0.3, -0.25) is 14.5 Å². The van der Waals surface area contributed by atoms with Gasteiger partial charge in [-0.1, -0.05) is 5.16 Å². The lowest BCUT2D eigenvalue weighted by Gasteiger charge is -2.15. The summed E-state index contributed by atoms with van der Waals surface area (Å²) in [4.78, 5) is 22.5. The first kappa shape index (κ1) is 15.8. The SMILES string of the molecule is CN1CCN(c2cnn(C3CCN(Cc4noc(C5CC5)n4)C3)c2)C1=O. The van der Waals surface area contributed by atoms with Crippen LogP contribution in [-0.4, -0.2) is 69.0 Å². The van der Waals surface area contributed by atoms with Gasteiger partial charge in [0.2, 0.25) is 5.89 Å². The Morgan fingerprint density at radius 2 is 2.12 bits per heavy atom. The van der Waals surface area contributed by atoms with E-state index in [0.717, 1.165) is 56.5 Å². The van der Waals surface area contributed by atoms with Crippen LogP contribution in [0.5, 0.6) is 0 Å². The Morgan fingerprint density at radius 1 is 1.23 bits per heavy atom. The molecule has 2 aliphatic heterocycles. The maximum Gasteiger partial charge on any atom is 0.324 e. The summed E-state index contributed by atoms with van der Waals surface area (Å²) in [6.07, 6.45) is 7.16. The van der Waals surface area contributed by atoms with E-state index in [1.165, 1.54) is 12.8 Å². The molecule has 0 radical (unpaired) electrons. The number of rotatable bonds is 5. The Kier molecular flexibility index (Phi) is 3.70. The van der Waals surface area contributed by atoms with E-state index in [2.05, 4.69) is 20.1 Å². The topological polar surface area (TPSA) is 83.5 Å². The molecule has 2 saturated heterocycles. The number of anilines is 1. The zero-order valence-corrected chi connectivity index (χ0v) is 14.9. The molecule has 0 N–H and O–H groups in total. The molecule has 2 aromatic rings. The summed E-state index contributed by atoms with van der Waals surface area (Å²) in [7, 11) is 1.83. The molecule has 0 aromatic carbocycles. The van der Waals surface area contributed by atoms with Crippen LogP contribution in [0.15, 0.2) is 16.9 Å². The van der Waals surface area contributed by atoms with Crippen molar-refractivity contribution in [3.8, 4) is 0 Å². The maximum atomic E-state index is 12.1. The van der Waals surface area contributed by atoms with E-state index in [4.69, 9.17) is 4.52 Å². The van der Waals surface area contributed by atoms with Crippen molar-refractivity contribution in [1.82, 2.24) is 29.7 Å². The fourth-order valence-corrected chi connectivity index (χ4v) is 3.75. The molecule has 5 rings (SSSR count). The van der Waals surface area contributed by atoms with Gasteiger partial charge >= 0.3 is 6.03 Å². The fraction of sp³-hybridized carbons (Fsp3) is 0.647. The molecular formula is C17H23N7O2. The molecule has 26 heavy (non-hydrogen) atoms. The number of carbonyl (C=O) groups excluding carboxylic acids is 1. The van der Waals surface area contributed by atoms with Crippen LogP contribution in [-0.2, 0) is 6.54 Å². The van der Waals surface area contributed by atoms with Crippen LogP contribution in [0.4, 0.5) is 10.5 Å². The summed E-state index contributed by atoms with van der Waals surface area (Å²) in [5, 5.41) is 8.62.